The van der Waals surface area contributed by atoms with Crippen molar-refractivity contribution in [2.45, 2.75) is 51.2 Å². The molecule has 4 heteroatoms. The molecule has 0 heterocycles. The van der Waals surface area contributed by atoms with Crippen molar-refractivity contribution in [3.63, 3.8) is 0 Å². The molecule has 0 amide bonds. The quantitative estimate of drug-likeness (QED) is 0.766. The van der Waals surface area contributed by atoms with Gasteiger partial charge in [-0.3, -0.25) is 0 Å². The van der Waals surface area contributed by atoms with Crippen LogP contribution in [0.4, 0.5) is 0 Å². The van der Waals surface area contributed by atoms with Gasteiger partial charge in [-0.15, -0.1) is 0 Å². The molecule has 100 valence electrons. The van der Waals surface area contributed by atoms with Crippen molar-refractivity contribution in [3.8, 4) is 0 Å². The van der Waals surface area contributed by atoms with Crippen molar-refractivity contribution in [2.24, 2.45) is 0 Å². The van der Waals surface area contributed by atoms with Gasteiger partial charge < -0.3 is 13.9 Å². The Labute approximate surface area is 110 Å². The molecule has 0 radical (unpaired) electrons. The predicted octanol–water partition coefficient (Wildman–Crippen LogP) is 3.53. The zero-order chi connectivity index (χ0) is 12.8. The lowest BCUT2D eigenvalue weighted by atomic mass is 9.87. The Morgan fingerprint density at radius 1 is 1.17 bits per heavy atom. The highest BCUT2D eigenvalue weighted by atomic mass is 31.2. The molecule has 0 aliphatic heterocycles. The monoisotopic (exact) mass is 267 g/mol. The van der Waals surface area contributed by atoms with E-state index in [2.05, 4.69) is 0 Å². The zero-order valence-electron chi connectivity index (χ0n) is 10.8. The molecular formula is C14H20O3P-. The molecule has 1 aliphatic carbocycles. The third kappa shape index (κ3) is 4.33. The summed E-state index contributed by atoms with van der Waals surface area (Å²) in [5, 5.41) is 0. The second kappa shape index (κ2) is 6.63. The largest absolute Gasteiger partial charge is 0.786 e. The maximum absolute atomic E-state index is 11.8. The van der Waals surface area contributed by atoms with Gasteiger partial charge in [0.15, 0.2) is 0 Å². The van der Waals surface area contributed by atoms with Gasteiger partial charge in [-0.1, -0.05) is 49.6 Å². The van der Waals surface area contributed by atoms with Gasteiger partial charge in [0.25, 0.3) is 0 Å². The molecule has 2 rings (SSSR count). The van der Waals surface area contributed by atoms with Gasteiger partial charge in [-0.2, -0.15) is 0 Å². The molecule has 18 heavy (non-hydrogen) atoms. The van der Waals surface area contributed by atoms with Crippen molar-refractivity contribution >= 4 is 8.60 Å². The molecule has 0 saturated heterocycles. The first-order valence-electron chi connectivity index (χ1n) is 6.51. The summed E-state index contributed by atoms with van der Waals surface area (Å²) in [6, 6.07) is 9.73. The van der Waals surface area contributed by atoms with E-state index in [1.807, 2.05) is 37.3 Å². The molecule has 0 aromatic heterocycles. The Bertz CT molecular complexity index is 349. The van der Waals surface area contributed by atoms with Crippen LogP contribution in [0.25, 0.3) is 0 Å². The summed E-state index contributed by atoms with van der Waals surface area (Å²) in [7, 11) is -2.03. The predicted molar refractivity (Wildman–Crippen MR) is 70.7 cm³/mol. The minimum Gasteiger partial charge on any atom is -0.786 e. The van der Waals surface area contributed by atoms with Gasteiger partial charge in [0.2, 0.25) is 0 Å². The van der Waals surface area contributed by atoms with E-state index in [1.165, 1.54) is 6.42 Å². The molecule has 1 atom stereocenters. The molecule has 1 fully saturated rings. The number of benzene rings is 1. The summed E-state index contributed by atoms with van der Waals surface area (Å²) in [5.41, 5.74) is 0.751. The van der Waals surface area contributed by atoms with Crippen molar-refractivity contribution in [2.75, 3.05) is 0 Å². The van der Waals surface area contributed by atoms with E-state index in [9.17, 15) is 4.89 Å². The van der Waals surface area contributed by atoms with Crippen LogP contribution >= 0.6 is 8.60 Å². The summed E-state index contributed by atoms with van der Waals surface area (Å²) in [5.74, 6) is 0. The smallest absolute Gasteiger partial charge is 0.0841 e. The van der Waals surface area contributed by atoms with E-state index in [0.717, 1.165) is 31.2 Å². The van der Waals surface area contributed by atoms with Gasteiger partial charge in [0.1, 0.15) is 0 Å². The minimum absolute atomic E-state index is 0.262. The fourth-order valence-electron chi connectivity index (χ4n) is 2.30. The van der Waals surface area contributed by atoms with Gasteiger partial charge in [0.05, 0.1) is 20.8 Å². The van der Waals surface area contributed by atoms with Crippen LogP contribution in [-0.2, 0) is 15.7 Å². The maximum atomic E-state index is 11.8. The van der Waals surface area contributed by atoms with Crippen molar-refractivity contribution in [3.05, 3.63) is 35.9 Å². The summed E-state index contributed by atoms with van der Waals surface area (Å²) in [6.45, 7) is 2.37. The molecule has 0 spiro atoms. The van der Waals surface area contributed by atoms with Crippen molar-refractivity contribution < 1.29 is 13.9 Å². The average Bonchev–Trinajstić information content (AvgIpc) is 2.38. The minimum atomic E-state index is -2.03. The molecule has 1 unspecified atom stereocenters. The fraction of sp³-hybridized carbons (Fsp3) is 0.571. The van der Waals surface area contributed by atoms with Gasteiger partial charge in [-0.05, 0) is 25.3 Å². The van der Waals surface area contributed by atoms with Crippen LogP contribution in [0.1, 0.15) is 44.6 Å². The number of hydrogen-bond acceptors (Lipinski definition) is 3. The normalized spacial score (nSPS) is 20.6. The van der Waals surface area contributed by atoms with Gasteiger partial charge in [-0.25, -0.2) is 0 Å². The second-order valence-electron chi connectivity index (χ2n) is 5.08. The topological polar surface area (TPSA) is 41.5 Å². The summed E-state index contributed by atoms with van der Waals surface area (Å²) in [4.78, 5) is 11.8. The first-order chi connectivity index (χ1) is 8.68. The molecule has 3 nitrogen and oxygen atoms in total. The highest BCUT2D eigenvalue weighted by Gasteiger charge is 2.28. The third-order valence-electron chi connectivity index (χ3n) is 3.39. The molecule has 0 N–H and O–H groups in total. The van der Waals surface area contributed by atoms with E-state index in [1.54, 1.807) is 0 Å². The first-order valence-corrected chi connectivity index (χ1v) is 7.61. The Hall–Kier alpha value is -0.470. The molecule has 0 bridgehead atoms. The Morgan fingerprint density at radius 3 is 2.50 bits per heavy atom. The maximum Gasteiger partial charge on any atom is 0.0841 e. The number of hydrogen-bond donors (Lipinski definition) is 0. The summed E-state index contributed by atoms with van der Waals surface area (Å²) >= 11 is 0. The lowest BCUT2D eigenvalue weighted by molar-refractivity contribution is -0.217. The van der Waals surface area contributed by atoms with E-state index >= 15 is 0 Å². The molecule has 1 aromatic carbocycles. The summed E-state index contributed by atoms with van der Waals surface area (Å²) < 4.78 is 10.9. The Morgan fingerprint density at radius 2 is 1.83 bits per heavy atom. The Balaban J connectivity index is 1.76. The fourth-order valence-corrected chi connectivity index (χ4v) is 3.15. The number of rotatable bonds is 5. The van der Waals surface area contributed by atoms with E-state index in [4.69, 9.17) is 9.05 Å². The van der Waals surface area contributed by atoms with Gasteiger partial charge >= 0.3 is 0 Å². The van der Waals surface area contributed by atoms with E-state index in [0.29, 0.717) is 6.61 Å². The van der Waals surface area contributed by atoms with E-state index in [-0.39, 0.29) is 5.60 Å². The second-order valence-corrected chi connectivity index (χ2v) is 5.97. The van der Waals surface area contributed by atoms with Gasteiger partial charge in [0, 0.05) is 0 Å². The van der Waals surface area contributed by atoms with Crippen LogP contribution in [0.2, 0.25) is 0 Å². The SMILES string of the molecule is CC1(OP([O-])OCc2ccccc2)CCCCC1. The average molecular weight is 267 g/mol. The van der Waals surface area contributed by atoms with Crippen molar-refractivity contribution in [1.29, 1.82) is 0 Å². The summed E-state index contributed by atoms with van der Waals surface area (Å²) in [6.07, 6.45) is 5.50. The van der Waals surface area contributed by atoms with Crippen LogP contribution in [0.15, 0.2) is 30.3 Å². The van der Waals surface area contributed by atoms with Crippen LogP contribution in [0, 0.1) is 0 Å². The van der Waals surface area contributed by atoms with Crippen LogP contribution in [-0.4, -0.2) is 5.60 Å². The molecule has 1 aliphatic rings. The third-order valence-corrected chi connectivity index (χ3v) is 4.32. The zero-order valence-corrected chi connectivity index (χ0v) is 11.7. The van der Waals surface area contributed by atoms with Crippen molar-refractivity contribution in [1.82, 2.24) is 0 Å². The molecule has 1 aromatic rings. The first kappa shape index (κ1) is 14.0. The molecular weight excluding hydrogens is 247 g/mol. The van der Waals surface area contributed by atoms with E-state index < -0.39 is 8.60 Å². The van der Waals surface area contributed by atoms with Crippen LogP contribution in [0.3, 0.4) is 0 Å². The molecule has 1 saturated carbocycles. The Kier molecular flexibility index (Phi) is 5.13. The van der Waals surface area contributed by atoms with Crippen LogP contribution < -0.4 is 4.89 Å². The standard InChI is InChI=1S/C14H20O3P/c1-14(10-6-3-7-11-14)17-18(15)16-12-13-8-4-2-5-9-13/h2,4-5,8-9H,3,6-7,10-12H2,1H3/q-1. The lowest BCUT2D eigenvalue weighted by Crippen LogP contribution is -2.31. The van der Waals surface area contributed by atoms with Crippen LogP contribution in [0.5, 0.6) is 0 Å². The highest BCUT2D eigenvalue weighted by Crippen LogP contribution is 2.42. The lowest BCUT2D eigenvalue weighted by Gasteiger charge is -2.38. The highest BCUT2D eigenvalue weighted by molar-refractivity contribution is 7.39.